The lowest BCUT2D eigenvalue weighted by atomic mass is 9.66. The van der Waals surface area contributed by atoms with Crippen LogP contribution in [0.25, 0.3) is 0 Å². The Hall–Kier alpha value is -3.61. The van der Waals surface area contributed by atoms with Crippen LogP contribution in [0.1, 0.15) is 112 Å². The number of ketones is 2. The van der Waals surface area contributed by atoms with Crippen LogP contribution in [0, 0.1) is 23.7 Å². The van der Waals surface area contributed by atoms with Gasteiger partial charge in [0.15, 0.2) is 11.4 Å². The molecule has 7 atom stereocenters. The summed E-state index contributed by atoms with van der Waals surface area (Å²) < 4.78 is 13.0. The molecule has 1 saturated heterocycles. The number of hydrogen-bond donors (Lipinski definition) is 6. The van der Waals surface area contributed by atoms with Crippen LogP contribution < -0.4 is 21.3 Å². The van der Waals surface area contributed by atoms with Gasteiger partial charge >= 0.3 is 5.97 Å². The fraction of sp³-hybridized carbons (Fsp3) is 0.622. The number of dihydropyridines is 1. The van der Waals surface area contributed by atoms with E-state index < -0.39 is 34.8 Å². The highest BCUT2D eigenvalue weighted by molar-refractivity contribution is 6.33. The predicted molar refractivity (Wildman–Crippen MR) is 217 cm³/mol. The zero-order valence-corrected chi connectivity index (χ0v) is 34.0. The van der Waals surface area contributed by atoms with Crippen molar-refractivity contribution in [3.63, 3.8) is 0 Å². The summed E-state index contributed by atoms with van der Waals surface area (Å²) in [6.45, 7) is 9.78. The Balaban J connectivity index is 1.34. The maximum Gasteiger partial charge on any atom is 0.350 e. The van der Waals surface area contributed by atoms with E-state index in [4.69, 9.17) is 9.47 Å². The Kier molecular flexibility index (Phi) is 13.7. The van der Waals surface area contributed by atoms with E-state index in [2.05, 4.69) is 66.3 Å². The van der Waals surface area contributed by atoms with Gasteiger partial charge in [0, 0.05) is 42.7 Å². The first-order valence-electron chi connectivity index (χ1n) is 21.0. The second kappa shape index (κ2) is 18.3. The number of carbonyl (C=O) groups is 3. The molecule has 11 nitrogen and oxygen atoms in total. The molecule has 306 valence electrons. The van der Waals surface area contributed by atoms with Gasteiger partial charge in [0.1, 0.15) is 11.9 Å². The topological polar surface area (TPSA) is 162 Å². The van der Waals surface area contributed by atoms with Crippen molar-refractivity contribution in [1.29, 1.82) is 0 Å². The number of allylic oxidation sites excluding steroid dienone is 5. The van der Waals surface area contributed by atoms with Gasteiger partial charge in [-0.25, -0.2) is 4.79 Å². The third-order valence-corrected chi connectivity index (χ3v) is 12.7. The summed E-state index contributed by atoms with van der Waals surface area (Å²) in [6.07, 6.45) is 14.7. The molecule has 3 aliphatic carbocycles. The number of epoxide rings is 1. The molecule has 1 aromatic rings. The molecule has 2 aliphatic heterocycles. The Bertz CT molecular complexity index is 1750. The zero-order valence-electron chi connectivity index (χ0n) is 34.0. The molecule has 0 aromatic heterocycles. The Labute approximate surface area is 332 Å². The quantitative estimate of drug-likeness (QED) is 0.0368. The van der Waals surface area contributed by atoms with Crippen LogP contribution in [0.5, 0.6) is 0 Å². The molecule has 0 bridgehead atoms. The standard InChI is InChI=1S/C45H64N4O7/c1-6-47-37-24-32-12-8-7-11-31(32)23-36(37)38(15-10-20-50)55-43(54)45-42(53)40-33(21-28(2)3)13-9-14-35(40)41(52)44(45,56-45)25-34(26-51)29(4)16-17-30-18-19-48-39(22-30)49-27-46-5/h8-9,12-14,18,22,28,31-32,36-38,46-51H,6-7,10-11,15-17,19-21,23-27H2,1-5H3. The number of nitrogens with one attached hydrogen (secondary N) is 4. The van der Waals surface area contributed by atoms with Crippen molar-refractivity contribution in [3.8, 4) is 0 Å². The molecular formula is C45H64N4O7. The molecule has 6 rings (SSSR count). The van der Waals surface area contributed by atoms with Gasteiger partial charge in [0.05, 0.1) is 13.3 Å². The molecule has 1 aromatic carbocycles. The summed E-state index contributed by atoms with van der Waals surface area (Å²) in [5, 5.41) is 34.1. The Morgan fingerprint density at radius 1 is 1.16 bits per heavy atom. The van der Waals surface area contributed by atoms with E-state index in [9.17, 15) is 19.8 Å². The van der Waals surface area contributed by atoms with Crippen molar-refractivity contribution in [2.24, 2.45) is 23.7 Å². The fourth-order valence-corrected chi connectivity index (χ4v) is 9.76. The van der Waals surface area contributed by atoms with Crippen molar-refractivity contribution < 1.29 is 34.1 Å². The van der Waals surface area contributed by atoms with E-state index >= 15 is 4.79 Å². The number of Topliss-reactive ketones (excluding diaryl/α,β-unsaturated/α-hetero) is 2. The van der Waals surface area contributed by atoms with Crippen molar-refractivity contribution in [1.82, 2.24) is 21.3 Å². The van der Waals surface area contributed by atoms with Crippen LogP contribution in [0.15, 0.2) is 65.0 Å². The van der Waals surface area contributed by atoms with Gasteiger partial charge in [0.25, 0.3) is 5.60 Å². The summed E-state index contributed by atoms with van der Waals surface area (Å²) in [7, 11) is 1.87. The average Bonchev–Trinajstić information content (AvgIpc) is 3.90. The smallest absolute Gasteiger partial charge is 0.350 e. The first-order chi connectivity index (χ1) is 27.0. The first-order valence-corrected chi connectivity index (χ1v) is 21.0. The van der Waals surface area contributed by atoms with Crippen LogP contribution in [0.4, 0.5) is 0 Å². The highest BCUT2D eigenvalue weighted by Gasteiger charge is 2.86. The molecule has 2 heterocycles. The first kappa shape index (κ1) is 42.0. The number of esters is 1. The minimum absolute atomic E-state index is 0.0385. The number of benzene rings is 1. The van der Waals surface area contributed by atoms with Crippen LogP contribution in [0.2, 0.25) is 0 Å². The van der Waals surface area contributed by atoms with E-state index in [0.717, 1.165) is 49.2 Å². The van der Waals surface area contributed by atoms with Gasteiger partial charge in [-0.3, -0.25) is 9.59 Å². The molecule has 1 saturated carbocycles. The van der Waals surface area contributed by atoms with Crippen LogP contribution >= 0.6 is 0 Å². The molecule has 11 heteroatoms. The third-order valence-electron chi connectivity index (χ3n) is 12.7. The van der Waals surface area contributed by atoms with Gasteiger partial charge in [-0.05, 0) is 119 Å². The van der Waals surface area contributed by atoms with E-state index in [1.165, 1.54) is 0 Å². The largest absolute Gasteiger partial charge is 0.459 e. The van der Waals surface area contributed by atoms with Gasteiger partial charge in [-0.2, -0.15) is 0 Å². The minimum Gasteiger partial charge on any atom is -0.459 e. The molecule has 0 radical (unpaired) electrons. The molecule has 56 heavy (non-hydrogen) atoms. The van der Waals surface area contributed by atoms with Crippen molar-refractivity contribution in [2.45, 2.75) is 115 Å². The number of aliphatic hydroxyl groups excluding tert-OH is 2. The number of carbonyl (C=O) groups excluding carboxylic acids is 3. The fourth-order valence-electron chi connectivity index (χ4n) is 9.76. The number of hydrogen-bond acceptors (Lipinski definition) is 11. The Morgan fingerprint density at radius 2 is 1.98 bits per heavy atom. The second-order valence-corrected chi connectivity index (χ2v) is 16.9. The number of fused-ring (bicyclic) bond motifs is 3. The molecule has 6 N–H and O–H groups in total. The lowest BCUT2D eigenvalue weighted by Gasteiger charge is -2.45. The molecular weight excluding hydrogens is 709 g/mol. The highest BCUT2D eigenvalue weighted by Crippen LogP contribution is 2.60. The normalized spacial score (nSPS) is 28.9. The van der Waals surface area contributed by atoms with Crippen molar-refractivity contribution in [2.75, 3.05) is 40.0 Å². The van der Waals surface area contributed by atoms with Crippen LogP contribution in [-0.4, -0.2) is 91.1 Å². The van der Waals surface area contributed by atoms with Gasteiger partial charge < -0.3 is 41.0 Å². The van der Waals surface area contributed by atoms with E-state index in [0.29, 0.717) is 68.3 Å². The summed E-state index contributed by atoms with van der Waals surface area (Å²) in [4.78, 5) is 44.9. The maximum atomic E-state index is 15.0. The number of rotatable bonds is 19. The highest BCUT2D eigenvalue weighted by atomic mass is 16.7. The van der Waals surface area contributed by atoms with Gasteiger partial charge in [-0.1, -0.05) is 62.8 Å². The van der Waals surface area contributed by atoms with E-state index in [1.807, 2.05) is 20.0 Å². The Morgan fingerprint density at radius 3 is 2.71 bits per heavy atom. The van der Waals surface area contributed by atoms with E-state index in [1.54, 1.807) is 12.1 Å². The summed E-state index contributed by atoms with van der Waals surface area (Å²) in [5.41, 5.74) is -0.222. The lowest BCUT2D eigenvalue weighted by molar-refractivity contribution is -0.159. The molecule has 2 fully saturated rings. The van der Waals surface area contributed by atoms with Crippen LogP contribution in [-0.2, 0) is 20.7 Å². The number of ether oxygens (including phenoxy) is 2. The summed E-state index contributed by atoms with van der Waals surface area (Å²) >= 11 is 0. The van der Waals surface area contributed by atoms with Crippen molar-refractivity contribution >= 4 is 17.5 Å². The molecule has 5 aliphatic rings. The maximum absolute atomic E-state index is 15.0. The summed E-state index contributed by atoms with van der Waals surface area (Å²) in [5.74, 6) is 0.186. The minimum atomic E-state index is -2.17. The average molecular weight is 773 g/mol. The van der Waals surface area contributed by atoms with Crippen molar-refractivity contribution in [3.05, 3.63) is 81.7 Å². The monoisotopic (exact) mass is 772 g/mol. The second-order valence-electron chi connectivity index (χ2n) is 16.9. The molecule has 0 amide bonds. The predicted octanol–water partition coefficient (Wildman–Crippen LogP) is 5.04. The van der Waals surface area contributed by atoms with Gasteiger partial charge in [-0.15, -0.1) is 0 Å². The SMILES string of the molecule is CCNC1CC2C=CCCC2CC1C(CCCO)OC(=O)C12OC1(CC(CO)=C(C)CCC1=CCNC(NCNC)=C1)C(=O)c1cccc(CC(C)C)c1C2=O. The molecule has 0 spiro atoms. The lowest BCUT2D eigenvalue weighted by Crippen LogP contribution is -2.54. The summed E-state index contributed by atoms with van der Waals surface area (Å²) in [6, 6.07) is 5.38. The zero-order chi connectivity index (χ0) is 40.0. The molecule has 7 unspecified atom stereocenters. The number of aliphatic hydroxyl groups is 2. The van der Waals surface area contributed by atoms with E-state index in [-0.39, 0.29) is 48.6 Å². The van der Waals surface area contributed by atoms with Crippen LogP contribution in [0.3, 0.4) is 0 Å². The third kappa shape index (κ3) is 8.34. The van der Waals surface area contributed by atoms with Gasteiger partial charge in [0.2, 0.25) is 5.78 Å².